The van der Waals surface area contributed by atoms with Crippen molar-refractivity contribution in [3.8, 4) is 5.88 Å². The lowest BCUT2D eigenvalue weighted by atomic mass is 10.3. The summed E-state index contributed by atoms with van der Waals surface area (Å²) in [4.78, 5) is 29.7. The number of hydrogen-bond donors (Lipinski definition) is 4. The Morgan fingerprint density at radius 3 is 2.83 bits per heavy atom. The van der Waals surface area contributed by atoms with Crippen LogP contribution in [0, 0.1) is 0 Å². The van der Waals surface area contributed by atoms with E-state index < -0.39 is 5.69 Å². The van der Waals surface area contributed by atoms with Crippen LogP contribution in [0.25, 0.3) is 11.7 Å². The Labute approximate surface area is 167 Å². The van der Waals surface area contributed by atoms with E-state index in [0.29, 0.717) is 33.0 Å². The zero-order chi connectivity index (χ0) is 20.0. The molecule has 11 heteroatoms. The number of halogens is 1. The van der Waals surface area contributed by atoms with Gasteiger partial charge in [-0.25, -0.2) is 14.8 Å². The first-order valence-corrected chi connectivity index (χ1v) is 9.27. The van der Waals surface area contributed by atoms with Crippen molar-refractivity contribution in [1.82, 2.24) is 29.5 Å². The van der Waals surface area contributed by atoms with Crippen LogP contribution in [-0.4, -0.2) is 40.7 Å². The largest absolute Gasteiger partial charge is 0.493 e. The molecule has 0 bridgehead atoms. The summed E-state index contributed by atoms with van der Waals surface area (Å²) in [5.41, 5.74) is 0.911. The minimum absolute atomic E-state index is 0.241. The quantitative estimate of drug-likeness (QED) is 0.394. The molecule has 4 N–H and O–H groups in total. The maximum atomic E-state index is 11.4. The van der Waals surface area contributed by atoms with Crippen molar-refractivity contribution in [1.29, 1.82) is 0 Å². The summed E-state index contributed by atoms with van der Waals surface area (Å²) >= 11 is 5.90. The van der Waals surface area contributed by atoms with Gasteiger partial charge in [-0.3, -0.25) is 9.98 Å². The first-order chi connectivity index (χ1) is 14.0. The summed E-state index contributed by atoms with van der Waals surface area (Å²) < 4.78 is 1.63. The van der Waals surface area contributed by atoms with Crippen LogP contribution in [0.2, 0.25) is 5.02 Å². The van der Waals surface area contributed by atoms with Gasteiger partial charge in [-0.15, -0.1) is 0 Å². The van der Waals surface area contributed by atoms with E-state index >= 15 is 0 Å². The Balaban J connectivity index is 1.67. The average Bonchev–Trinajstić information content (AvgIpc) is 3.33. The van der Waals surface area contributed by atoms with Crippen molar-refractivity contribution in [2.45, 2.75) is 18.9 Å². The Morgan fingerprint density at radius 1 is 1.28 bits per heavy atom. The zero-order valence-corrected chi connectivity index (χ0v) is 15.7. The van der Waals surface area contributed by atoms with Crippen LogP contribution in [0.5, 0.6) is 5.88 Å². The molecule has 4 aromatic rings. The van der Waals surface area contributed by atoms with E-state index in [1.54, 1.807) is 41.2 Å². The van der Waals surface area contributed by atoms with E-state index in [1.807, 2.05) is 0 Å². The average molecular weight is 411 g/mol. The molecule has 0 amide bonds. The SMILES string of the molecule is O=c1[nH]c(O)c(/C=c2/cnn3c(=NC4CC4)cc(Nc4ccc(Cl)cn4)nc23)[nH]1. The van der Waals surface area contributed by atoms with E-state index in [2.05, 4.69) is 30.4 Å². The van der Waals surface area contributed by atoms with Crippen LogP contribution in [0.15, 0.2) is 40.4 Å². The molecule has 29 heavy (non-hydrogen) atoms. The molecule has 0 unspecified atom stereocenters. The molecule has 4 heterocycles. The number of hydrogen-bond acceptors (Lipinski definition) is 7. The molecule has 1 saturated carbocycles. The second-order valence-corrected chi connectivity index (χ2v) is 7.10. The van der Waals surface area contributed by atoms with Gasteiger partial charge in [0.05, 0.1) is 17.3 Å². The van der Waals surface area contributed by atoms with Gasteiger partial charge in [-0.05, 0) is 31.1 Å². The monoisotopic (exact) mass is 410 g/mol. The van der Waals surface area contributed by atoms with Gasteiger partial charge in [0.15, 0.2) is 11.1 Å². The van der Waals surface area contributed by atoms with Crippen molar-refractivity contribution >= 4 is 35.0 Å². The summed E-state index contributed by atoms with van der Waals surface area (Å²) in [7, 11) is 0. The molecule has 5 rings (SSSR count). The number of nitrogens with zero attached hydrogens (tertiary/aromatic N) is 5. The fourth-order valence-corrected chi connectivity index (χ4v) is 2.95. The van der Waals surface area contributed by atoms with Gasteiger partial charge in [0, 0.05) is 17.5 Å². The fraction of sp³-hybridized carbons (Fsp3) is 0.167. The molecular weight excluding hydrogens is 396 g/mol. The lowest BCUT2D eigenvalue weighted by Gasteiger charge is -2.05. The van der Waals surface area contributed by atoms with Crippen LogP contribution >= 0.6 is 11.6 Å². The molecule has 1 fully saturated rings. The number of anilines is 2. The van der Waals surface area contributed by atoms with E-state index in [9.17, 15) is 9.90 Å². The first kappa shape index (κ1) is 17.4. The highest BCUT2D eigenvalue weighted by molar-refractivity contribution is 6.30. The molecule has 0 radical (unpaired) electrons. The normalized spacial score (nSPS) is 15.3. The molecule has 146 valence electrons. The maximum Gasteiger partial charge on any atom is 0.326 e. The van der Waals surface area contributed by atoms with Crippen molar-refractivity contribution in [2.75, 3.05) is 5.32 Å². The number of fused-ring (bicyclic) bond motifs is 1. The van der Waals surface area contributed by atoms with Gasteiger partial charge >= 0.3 is 5.69 Å². The number of aromatic hydroxyl groups is 1. The van der Waals surface area contributed by atoms with E-state index in [1.165, 1.54) is 0 Å². The number of rotatable bonds is 4. The van der Waals surface area contributed by atoms with Gasteiger partial charge in [0.2, 0.25) is 5.88 Å². The lowest BCUT2D eigenvalue weighted by Crippen LogP contribution is -2.20. The topological polar surface area (TPSA) is 136 Å². The lowest BCUT2D eigenvalue weighted by molar-refractivity contribution is 0.454. The Bertz CT molecular complexity index is 1380. The zero-order valence-electron chi connectivity index (χ0n) is 14.9. The molecule has 0 saturated heterocycles. The molecule has 4 aromatic heterocycles. The molecule has 1 aliphatic rings. The summed E-state index contributed by atoms with van der Waals surface area (Å²) in [6.07, 6.45) is 6.83. The van der Waals surface area contributed by atoms with Crippen LogP contribution in [-0.2, 0) is 0 Å². The number of H-pyrrole nitrogens is 2. The number of imidazole rings is 1. The molecule has 1 aliphatic carbocycles. The Morgan fingerprint density at radius 2 is 2.14 bits per heavy atom. The molecule has 0 aliphatic heterocycles. The third-order valence-corrected chi connectivity index (χ3v) is 4.58. The van der Waals surface area contributed by atoms with Gasteiger partial charge in [0.25, 0.3) is 0 Å². The number of pyridine rings is 1. The van der Waals surface area contributed by atoms with Crippen molar-refractivity contribution in [3.63, 3.8) is 0 Å². The molecule has 0 atom stereocenters. The van der Waals surface area contributed by atoms with E-state index in [0.717, 1.165) is 12.8 Å². The van der Waals surface area contributed by atoms with Crippen LogP contribution in [0.1, 0.15) is 18.5 Å². The Kier molecular flexibility index (Phi) is 4.06. The van der Waals surface area contributed by atoms with Crippen molar-refractivity contribution in [3.05, 3.63) is 62.5 Å². The number of aromatic amines is 2. The van der Waals surface area contributed by atoms with Crippen LogP contribution in [0.4, 0.5) is 11.6 Å². The van der Waals surface area contributed by atoms with Gasteiger partial charge in [-0.2, -0.15) is 9.61 Å². The molecule has 0 spiro atoms. The predicted molar refractivity (Wildman–Crippen MR) is 106 cm³/mol. The van der Waals surface area contributed by atoms with Crippen molar-refractivity contribution in [2.24, 2.45) is 4.99 Å². The number of aromatic nitrogens is 6. The Hall–Kier alpha value is -3.66. The highest BCUT2D eigenvalue weighted by atomic mass is 35.5. The minimum atomic E-state index is -0.501. The van der Waals surface area contributed by atoms with Gasteiger partial charge in [0.1, 0.15) is 17.3 Å². The van der Waals surface area contributed by atoms with Crippen LogP contribution in [0.3, 0.4) is 0 Å². The van der Waals surface area contributed by atoms with Gasteiger partial charge in [-0.1, -0.05) is 11.6 Å². The minimum Gasteiger partial charge on any atom is -0.493 e. The molecule has 0 aromatic carbocycles. The van der Waals surface area contributed by atoms with E-state index in [-0.39, 0.29) is 17.6 Å². The third-order valence-electron chi connectivity index (χ3n) is 4.36. The summed E-state index contributed by atoms with van der Waals surface area (Å²) in [5, 5.41) is 18.5. The smallest absolute Gasteiger partial charge is 0.326 e. The maximum absolute atomic E-state index is 11.4. The van der Waals surface area contributed by atoms with Crippen molar-refractivity contribution < 1.29 is 5.11 Å². The summed E-state index contributed by atoms with van der Waals surface area (Å²) in [6, 6.07) is 5.56. The second-order valence-electron chi connectivity index (χ2n) is 6.67. The summed E-state index contributed by atoms with van der Waals surface area (Å²) in [6.45, 7) is 0. The highest BCUT2D eigenvalue weighted by Gasteiger charge is 2.20. The summed E-state index contributed by atoms with van der Waals surface area (Å²) in [5.74, 6) is 0.867. The van der Waals surface area contributed by atoms with Crippen LogP contribution < -0.4 is 21.7 Å². The number of nitrogens with one attached hydrogen (secondary N) is 3. The predicted octanol–water partition coefficient (Wildman–Crippen LogP) is 0.854. The highest BCUT2D eigenvalue weighted by Crippen LogP contribution is 2.22. The first-order valence-electron chi connectivity index (χ1n) is 8.89. The second kappa shape index (κ2) is 6.74. The fourth-order valence-electron chi connectivity index (χ4n) is 2.84. The van der Waals surface area contributed by atoms with Gasteiger partial charge < -0.3 is 15.4 Å². The van der Waals surface area contributed by atoms with E-state index in [4.69, 9.17) is 16.6 Å². The molecule has 10 nitrogen and oxygen atoms in total. The third kappa shape index (κ3) is 3.57. The standard InChI is InChI=1S/C18H15ClN8O2/c19-10-1-4-13(20-8-10)24-14-6-15(22-11-2-3-11)27-16(25-14)9(7-21-27)5-12-17(28)26-18(29)23-12/h1,4-8,11,28H,2-3H2,(H,20,24)(H2,23,26,29)/b9-5-,22-15?. The molecular formula is C18H15ClN8O2.